The van der Waals surface area contributed by atoms with Gasteiger partial charge in [0.2, 0.25) is 5.91 Å². The molecular weight excluding hydrogens is 336 g/mol. The van der Waals surface area contributed by atoms with Crippen LogP contribution in [0.2, 0.25) is 0 Å². The van der Waals surface area contributed by atoms with E-state index in [1.807, 2.05) is 25.1 Å². The topological polar surface area (TPSA) is 66.5 Å². The molecule has 5 nitrogen and oxygen atoms in total. The third kappa shape index (κ3) is 5.53. The van der Waals surface area contributed by atoms with Crippen molar-refractivity contribution in [2.24, 2.45) is 0 Å². The minimum Gasteiger partial charge on any atom is -0.352 e. The predicted molar refractivity (Wildman–Crippen MR) is 98.9 cm³/mol. The number of nitrogens with one attached hydrogen (secondary N) is 1. The highest BCUT2D eigenvalue weighted by Crippen LogP contribution is 2.17. The van der Waals surface area contributed by atoms with Crippen molar-refractivity contribution in [1.29, 1.82) is 0 Å². The molecule has 0 atom stereocenters. The lowest BCUT2D eigenvalue weighted by Crippen LogP contribution is -2.23. The maximum atomic E-state index is 12.0. The van der Waals surface area contributed by atoms with Crippen molar-refractivity contribution in [3.05, 3.63) is 57.3 Å². The first-order valence-corrected chi connectivity index (χ1v) is 8.85. The number of benzene rings is 1. The fraction of sp³-hybridized carbons (Fsp3) is 0.316. The van der Waals surface area contributed by atoms with Gasteiger partial charge in [-0.25, -0.2) is 0 Å². The van der Waals surface area contributed by atoms with Crippen molar-refractivity contribution < 1.29 is 14.4 Å². The number of Topliss-reactive ketones (excluding diaryl/α,β-unsaturated/α-hetero) is 1. The fourth-order valence-electron chi connectivity index (χ4n) is 2.25. The fourth-order valence-corrected chi connectivity index (χ4v) is 3.08. The Morgan fingerprint density at radius 1 is 1.00 bits per heavy atom. The number of hydrogen-bond acceptors (Lipinski definition) is 4. The second-order valence-electron chi connectivity index (χ2n) is 6.01. The van der Waals surface area contributed by atoms with Crippen molar-refractivity contribution in [2.45, 2.75) is 26.3 Å². The largest absolute Gasteiger partial charge is 0.352 e. The van der Waals surface area contributed by atoms with Crippen LogP contribution in [0.3, 0.4) is 0 Å². The van der Waals surface area contributed by atoms with E-state index in [9.17, 15) is 14.4 Å². The molecule has 0 bridgehead atoms. The van der Waals surface area contributed by atoms with Crippen molar-refractivity contribution in [3.63, 3.8) is 0 Å². The zero-order valence-corrected chi connectivity index (χ0v) is 15.5. The van der Waals surface area contributed by atoms with Crippen molar-refractivity contribution in [3.8, 4) is 0 Å². The van der Waals surface area contributed by atoms with Crippen LogP contribution in [0, 0.1) is 6.92 Å². The smallest absolute Gasteiger partial charge is 0.253 e. The Morgan fingerprint density at radius 3 is 2.24 bits per heavy atom. The molecule has 0 spiro atoms. The number of thiophene rings is 1. The molecule has 0 unspecified atom stereocenters. The summed E-state index contributed by atoms with van der Waals surface area (Å²) in [7, 11) is 3.41. The Labute approximate surface area is 151 Å². The Balaban J connectivity index is 1.78. The Hall–Kier alpha value is -2.47. The number of rotatable bonds is 7. The lowest BCUT2D eigenvalue weighted by atomic mass is 10.1. The van der Waals surface area contributed by atoms with Crippen LogP contribution in [0.4, 0.5) is 0 Å². The number of ketones is 1. The highest BCUT2D eigenvalue weighted by molar-refractivity contribution is 7.14. The number of carbonyl (C=O) groups excluding carboxylic acids is 3. The van der Waals surface area contributed by atoms with Crippen molar-refractivity contribution >= 4 is 28.9 Å². The van der Waals surface area contributed by atoms with Gasteiger partial charge in [-0.05, 0) is 36.8 Å². The zero-order valence-electron chi connectivity index (χ0n) is 14.7. The van der Waals surface area contributed by atoms with E-state index in [2.05, 4.69) is 5.32 Å². The summed E-state index contributed by atoms with van der Waals surface area (Å²) in [5.74, 6) is -0.215. The van der Waals surface area contributed by atoms with Gasteiger partial charge in [-0.3, -0.25) is 14.4 Å². The summed E-state index contributed by atoms with van der Waals surface area (Å²) in [4.78, 5) is 39.0. The van der Waals surface area contributed by atoms with Crippen LogP contribution in [0.15, 0.2) is 36.4 Å². The van der Waals surface area contributed by atoms with Gasteiger partial charge in [0, 0.05) is 43.9 Å². The second kappa shape index (κ2) is 8.58. The van der Waals surface area contributed by atoms with E-state index in [0.29, 0.717) is 17.0 Å². The summed E-state index contributed by atoms with van der Waals surface area (Å²) in [6.07, 6.45) is 0.384. The third-order valence-electron chi connectivity index (χ3n) is 3.69. The standard InChI is InChI=1S/C19H22N2O3S/c1-13-4-10-17(25-13)16(22)9-11-18(23)20-12-14-5-7-15(8-6-14)19(24)21(2)3/h4-8,10H,9,11-12H2,1-3H3,(H,20,23). The zero-order chi connectivity index (χ0) is 18.4. The summed E-state index contributed by atoms with van der Waals surface area (Å²) in [6.45, 7) is 2.33. The van der Waals surface area contributed by atoms with E-state index < -0.39 is 0 Å². The first kappa shape index (κ1) is 18.9. The maximum Gasteiger partial charge on any atom is 0.253 e. The van der Waals surface area contributed by atoms with Gasteiger partial charge in [-0.1, -0.05) is 12.1 Å². The van der Waals surface area contributed by atoms with Crippen LogP contribution in [0.25, 0.3) is 0 Å². The van der Waals surface area contributed by atoms with Gasteiger partial charge in [0.15, 0.2) is 5.78 Å². The maximum absolute atomic E-state index is 12.0. The van der Waals surface area contributed by atoms with Gasteiger partial charge in [0.1, 0.15) is 0 Å². The Morgan fingerprint density at radius 2 is 1.68 bits per heavy atom. The molecule has 0 radical (unpaired) electrons. The number of amides is 2. The molecule has 6 heteroatoms. The highest BCUT2D eigenvalue weighted by Gasteiger charge is 2.11. The van der Waals surface area contributed by atoms with Gasteiger partial charge in [0.25, 0.3) is 5.91 Å². The number of carbonyl (C=O) groups is 3. The summed E-state index contributed by atoms with van der Waals surface area (Å²) >= 11 is 1.45. The van der Waals surface area contributed by atoms with Gasteiger partial charge < -0.3 is 10.2 Å². The summed E-state index contributed by atoms with van der Waals surface area (Å²) < 4.78 is 0. The molecule has 0 aliphatic rings. The molecule has 2 amide bonds. The summed E-state index contributed by atoms with van der Waals surface area (Å²) in [6, 6.07) is 10.8. The molecule has 1 N–H and O–H groups in total. The van der Waals surface area contributed by atoms with Gasteiger partial charge in [-0.2, -0.15) is 0 Å². The van der Waals surface area contributed by atoms with Crippen LogP contribution in [0.5, 0.6) is 0 Å². The van der Waals surface area contributed by atoms with Crippen LogP contribution >= 0.6 is 11.3 Å². The van der Waals surface area contributed by atoms with E-state index in [1.54, 1.807) is 32.3 Å². The average Bonchev–Trinajstić information content (AvgIpc) is 3.04. The van der Waals surface area contributed by atoms with Crippen LogP contribution < -0.4 is 5.32 Å². The summed E-state index contributed by atoms with van der Waals surface area (Å²) in [5.41, 5.74) is 1.51. The lowest BCUT2D eigenvalue weighted by Gasteiger charge is -2.10. The first-order valence-electron chi connectivity index (χ1n) is 8.03. The molecule has 1 heterocycles. The van der Waals surface area contributed by atoms with Gasteiger partial charge in [0.05, 0.1) is 4.88 Å². The first-order chi connectivity index (χ1) is 11.9. The molecule has 25 heavy (non-hydrogen) atoms. The number of hydrogen-bond donors (Lipinski definition) is 1. The Bertz CT molecular complexity index is 763. The highest BCUT2D eigenvalue weighted by atomic mass is 32.1. The molecule has 2 rings (SSSR count). The molecule has 2 aromatic rings. The van der Waals surface area contributed by atoms with Crippen molar-refractivity contribution in [1.82, 2.24) is 10.2 Å². The molecule has 0 saturated carbocycles. The molecule has 132 valence electrons. The normalized spacial score (nSPS) is 10.4. The van der Waals surface area contributed by atoms with Crippen LogP contribution in [0.1, 0.15) is 43.3 Å². The van der Waals surface area contributed by atoms with Crippen LogP contribution in [-0.2, 0) is 11.3 Å². The lowest BCUT2D eigenvalue weighted by molar-refractivity contribution is -0.121. The molecule has 1 aromatic heterocycles. The second-order valence-corrected chi connectivity index (χ2v) is 7.29. The van der Waals surface area contributed by atoms with E-state index >= 15 is 0 Å². The molecule has 1 aromatic carbocycles. The van der Waals surface area contributed by atoms with Gasteiger partial charge in [-0.15, -0.1) is 11.3 Å². The number of aryl methyl sites for hydroxylation is 1. The summed E-state index contributed by atoms with van der Waals surface area (Å²) in [5, 5.41) is 2.80. The molecule has 0 aliphatic heterocycles. The molecular formula is C19H22N2O3S. The van der Waals surface area contributed by atoms with E-state index in [4.69, 9.17) is 0 Å². The minimum absolute atomic E-state index is 0.000184. The van der Waals surface area contributed by atoms with E-state index in [1.165, 1.54) is 16.2 Å². The minimum atomic E-state index is -0.157. The van der Waals surface area contributed by atoms with Crippen molar-refractivity contribution in [2.75, 3.05) is 14.1 Å². The quantitative estimate of drug-likeness (QED) is 0.774. The Kier molecular flexibility index (Phi) is 6.47. The molecule has 0 fully saturated rings. The molecule has 0 aliphatic carbocycles. The molecule has 0 saturated heterocycles. The van der Waals surface area contributed by atoms with E-state index in [-0.39, 0.29) is 30.4 Å². The SMILES string of the molecule is Cc1ccc(C(=O)CCC(=O)NCc2ccc(C(=O)N(C)C)cc2)s1. The third-order valence-corrected chi connectivity index (χ3v) is 4.73. The average molecular weight is 358 g/mol. The number of nitrogens with zero attached hydrogens (tertiary/aromatic N) is 1. The monoisotopic (exact) mass is 358 g/mol. The van der Waals surface area contributed by atoms with Gasteiger partial charge >= 0.3 is 0 Å². The van der Waals surface area contributed by atoms with Crippen LogP contribution in [-0.4, -0.2) is 36.6 Å². The predicted octanol–water partition coefficient (Wildman–Crippen LogP) is 3.04. The van der Waals surface area contributed by atoms with E-state index in [0.717, 1.165) is 10.4 Å².